The van der Waals surface area contributed by atoms with E-state index in [1.165, 1.54) is 43.0 Å². The lowest BCUT2D eigenvalue weighted by molar-refractivity contribution is -0.274. The summed E-state index contributed by atoms with van der Waals surface area (Å²) in [7, 11) is -3.88. The topological polar surface area (TPSA) is 102 Å². The number of amides is 2. The highest BCUT2D eigenvalue weighted by molar-refractivity contribution is 7.99. The van der Waals surface area contributed by atoms with Gasteiger partial charge in [0.1, 0.15) is 5.75 Å². The first-order chi connectivity index (χ1) is 14.9. The van der Waals surface area contributed by atoms with Gasteiger partial charge in [-0.3, -0.25) is 9.59 Å². The molecule has 1 aliphatic rings. The Morgan fingerprint density at radius 3 is 2.56 bits per heavy atom. The molecular formula is C20H19F3N2O5S2. The fourth-order valence-electron chi connectivity index (χ4n) is 2.93. The van der Waals surface area contributed by atoms with E-state index in [1.807, 2.05) is 0 Å². The van der Waals surface area contributed by atoms with Gasteiger partial charge in [-0.15, -0.1) is 24.9 Å². The molecule has 0 saturated heterocycles. The van der Waals surface area contributed by atoms with Gasteiger partial charge in [0, 0.05) is 29.2 Å². The lowest BCUT2D eigenvalue weighted by Gasteiger charge is -2.15. The molecule has 0 bridgehead atoms. The molecular weight excluding hydrogens is 469 g/mol. The highest BCUT2D eigenvalue weighted by atomic mass is 32.2. The molecule has 172 valence electrons. The average Bonchev–Trinajstić information content (AvgIpc) is 2.88. The van der Waals surface area contributed by atoms with E-state index in [0.717, 1.165) is 17.0 Å². The molecule has 1 atom stereocenters. The molecule has 2 aromatic carbocycles. The highest BCUT2D eigenvalue weighted by Gasteiger charge is 2.31. The maximum absolute atomic E-state index is 12.9. The summed E-state index contributed by atoms with van der Waals surface area (Å²) in [4.78, 5) is 24.8. The number of ether oxygens (including phenoxy) is 1. The lowest BCUT2D eigenvalue weighted by Crippen LogP contribution is -2.25. The van der Waals surface area contributed by atoms with Crippen LogP contribution in [0.25, 0.3) is 0 Å². The zero-order valence-corrected chi connectivity index (χ0v) is 18.4. The van der Waals surface area contributed by atoms with Gasteiger partial charge in [0.2, 0.25) is 11.8 Å². The normalized spacial score (nSPS) is 15.2. The largest absolute Gasteiger partial charge is 0.573 e. The number of thioether (sulfide) groups is 1. The molecule has 0 radical (unpaired) electrons. The van der Waals surface area contributed by atoms with E-state index in [0.29, 0.717) is 17.9 Å². The van der Waals surface area contributed by atoms with E-state index in [-0.39, 0.29) is 22.9 Å². The summed E-state index contributed by atoms with van der Waals surface area (Å²) in [5.41, 5.74) is 0.607. The highest BCUT2D eigenvalue weighted by Crippen LogP contribution is 2.33. The number of halogens is 3. The molecule has 0 saturated carbocycles. The summed E-state index contributed by atoms with van der Waals surface area (Å²) < 4.78 is 66.2. The van der Waals surface area contributed by atoms with Crippen LogP contribution in [0.2, 0.25) is 0 Å². The number of nitrogens with one attached hydrogen (secondary N) is 2. The maximum atomic E-state index is 12.9. The summed E-state index contributed by atoms with van der Waals surface area (Å²) in [6, 6.07) is 8.93. The fraction of sp³-hybridized carbons (Fsp3) is 0.300. The number of hydrogen-bond donors (Lipinski definition) is 2. The van der Waals surface area contributed by atoms with Crippen molar-refractivity contribution in [3.8, 4) is 5.75 Å². The van der Waals surface area contributed by atoms with Crippen molar-refractivity contribution in [2.24, 2.45) is 0 Å². The van der Waals surface area contributed by atoms with Crippen molar-refractivity contribution in [2.45, 2.75) is 41.2 Å². The van der Waals surface area contributed by atoms with Crippen molar-refractivity contribution < 1.29 is 35.9 Å². The number of carbonyl (C=O) groups excluding carboxylic acids is 2. The van der Waals surface area contributed by atoms with E-state index in [9.17, 15) is 31.2 Å². The van der Waals surface area contributed by atoms with Gasteiger partial charge < -0.3 is 15.4 Å². The smallest absolute Gasteiger partial charge is 0.406 e. The summed E-state index contributed by atoms with van der Waals surface area (Å²) in [5.74, 6) is -0.681. The Hall–Kier alpha value is -2.73. The molecule has 0 spiro atoms. The predicted molar refractivity (Wildman–Crippen MR) is 113 cm³/mol. The summed E-state index contributed by atoms with van der Waals surface area (Å²) in [6.45, 7) is 1.38. The average molecular weight is 489 g/mol. The second kappa shape index (κ2) is 9.41. The van der Waals surface area contributed by atoms with Crippen molar-refractivity contribution in [1.82, 2.24) is 0 Å². The van der Waals surface area contributed by atoms with Crippen LogP contribution in [-0.4, -0.2) is 37.6 Å². The van der Waals surface area contributed by atoms with Gasteiger partial charge in [0.25, 0.3) is 0 Å². The molecule has 2 aromatic rings. The van der Waals surface area contributed by atoms with Gasteiger partial charge in [-0.1, -0.05) is 0 Å². The first-order valence-electron chi connectivity index (χ1n) is 9.40. The molecule has 1 heterocycles. The summed E-state index contributed by atoms with van der Waals surface area (Å²) >= 11 is 1.44. The lowest BCUT2D eigenvalue weighted by atomic mass is 10.2. The molecule has 3 rings (SSSR count). The van der Waals surface area contributed by atoms with Gasteiger partial charge in [0.05, 0.1) is 15.8 Å². The molecule has 2 N–H and O–H groups in total. The van der Waals surface area contributed by atoms with Crippen LogP contribution in [0.15, 0.2) is 52.3 Å². The third-order valence-electron chi connectivity index (χ3n) is 4.51. The van der Waals surface area contributed by atoms with Crippen LogP contribution in [0.5, 0.6) is 5.75 Å². The van der Waals surface area contributed by atoms with Crippen LogP contribution in [0.3, 0.4) is 0 Å². The Labute approximate surface area is 186 Å². The van der Waals surface area contributed by atoms with Crippen molar-refractivity contribution in [3.63, 3.8) is 0 Å². The van der Waals surface area contributed by atoms with Crippen LogP contribution in [0.1, 0.15) is 19.8 Å². The number of alkyl halides is 3. The number of hydrogen-bond acceptors (Lipinski definition) is 6. The Bertz CT molecular complexity index is 1120. The Morgan fingerprint density at radius 2 is 1.91 bits per heavy atom. The van der Waals surface area contributed by atoms with Crippen molar-refractivity contribution in [2.75, 3.05) is 16.4 Å². The third-order valence-corrected chi connectivity index (χ3v) is 7.73. The van der Waals surface area contributed by atoms with Gasteiger partial charge in [-0.05, 0) is 49.4 Å². The first-order valence-corrected chi connectivity index (χ1v) is 11.9. The molecule has 12 heteroatoms. The number of carbonyl (C=O) groups is 2. The minimum atomic E-state index is -4.83. The molecule has 0 unspecified atom stereocenters. The van der Waals surface area contributed by atoms with Crippen LogP contribution in [0.4, 0.5) is 24.5 Å². The van der Waals surface area contributed by atoms with Crippen molar-refractivity contribution in [3.05, 3.63) is 42.5 Å². The van der Waals surface area contributed by atoms with Gasteiger partial charge in [-0.2, -0.15) is 0 Å². The zero-order valence-electron chi connectivity index (χ0n) is 16.7. The molecule has 2 amide bonds. The minimum absolute atomic E-state index is 0.0204. The second-order valence-electron chi connectivity index (χ2n) is 6.98. The maximum Gasteiger partial charge on any atom is 0.573 e. The predicted octanol–water partition coefficient (Wildman–Crippen LogP) is 4.21. The minimum Gasteiger partial charge on any atom is -0.406 e. The van der Waals surface area contributed by atoms with E-state index in [2.05, 4.69) is 15.4 Å². The Balaban J connectivity index is 1.66. The van der Waals surface area contributed by atoms with Crippen molar-refractivity contribution in [1.29, 1.82) is 0 Å². The molecule has 1 aliphatic heterocycles. The van der Waals surface area contributed by atoms with E-state index >= 15 is 0 Å². The van der Waals surface area contributed by atoms with Gasteiger partial charge >= 0.3 is 6.36 Å². The molecule has 7 nitrogen and oxygen atoms in total. The number of anilines is 2. The van der Waals surface area contributed by atoms with Gasteiger partial charge in [-0.25, -0.2) is 8.42 Å². The zero-order chi connectivity index (χ0) is 23.5. The van der Waals surface area contributed by atoms with Crippen LogP contribution >= 0.6 is 11.8 Å². The van der Waals surface area contributed by atoms with E-state index in [1.54, 1.807) is 6.07 Å². The number of benzene rings is 2. The number of fused-ring (bicyclic) bond motifs is 1. The van der Waals surface area contributed by atoms with Crippen LogP contribution in [-0.2, 0) is 19.4 Å². The molecule has 0 aromatic heterocycles. The van der Waals surface area contributed by atoms with E-state index < -0.39 is 33.1 Å². The monoisotopic (exact) mass is 488 g/mol. The second-order valence-corrected chi connectivity index (χ2v) is 10.5. The third kappa shape index (κ3) is 6.16. The standard InChI is InChI=1S/C20H19F3N2O5S2/c1-12(10-19(27)24-13-2-4-14(5-3-13)30-20(21,22)23)32(28,29)15-6-7-17-16(11-15)25-18(26)8-9-31-17/h2-7,11-12H,8-10H2,1H3,(H,24,27)(H,25,26)/t12-/m1/s1. The molecule has 0 fully saturated rings. The summed E-state index contributed by atoms with van der Waals surface area (Å²) in [6.07, 6.45) is -4.88. The SMILES string of the molecule is C[C@H](CC(=O)Nc1ccc(OC(F)(F)F)cc1)S(=O)(=O)c1ccc2c(c1)NC(=O)CCS2. The Morgan fingerprint density at radius 1 is 1.22 bits per heavy atom. The quantitative estimate of drug-likeness (QED) is 0.632. The molecule has 0 aliphatic carbocycles. The van der Waals surface area contributed by atoms with Crippen LogP contribution in [0, 0.1) is 0 Å². The fourth-order valence-corrected chi connectivity index (χ4v) is 5.24. The first kappa shape index (κ1) is 23.9. The van der Waals surface area contributed by atoms with Gasteiger partial charge in [0.15, 0.2) is 9.84 Å². The summed E-state index contributed by atoms with van der Waals surface area (Å²) in [5, 5.41) is 4.05. The number of rotatable bonds is 6. The molecule has 32 heavy (non-hydrogen) atoms. The van der Waals surface area contributed by atoms with Crippen LogP contribution < -0.4 is 15.4 Å². The van der Waals surface area contributed by atoms with E-state index in [4.69, 9.17) is 0 Å². The Kier molecular flexibility index (Phi) is 7.03. The number of sulfone groups is 1. The van der Waals surface area contributed by atoms with Crippen molar-refractivity contribution >= 4 is 44.8 Å².